The largest absolute Gasteiger partial charge is 0.382 e. The Bertz CT molecular complexity index is 1320. The van der Waals surface area contributed by atoms with Crippen LogP contribution in [0.2, 0.25) is 0 Å². The highest BCUT2D eigenvalue weighted by molar-refractivity contribution is 6.06. The third kappa shape index (κ3) is 3.75. The maximum atomic E-state index is 12.8. The van der Waals surface area contributed by atoms with Gasteiger partial charge < -0.3 is 10.7 Å². The second-order valence-electron chi connectivity index (χ2n) is 8.31. The molecule has 6 heteroatoms. The topological polar surface area (TPSA) is 79.9 Å². The predicted molar refractivity (Wildman–Crippen MR) is 127 cm³/mol. The van der Waals surface area contributed by atoms with Crippen molar-refractivity contribution in [2.75, 3.05) is 18.8 Å². The van der Waals surface area contributed by atoms with Crippen molar-refractivity contribution in [3.05, 3.63) is 75.7 Å². The molecule has 0 amide bonds. The minimum absolute atomic E-state index is 0.172. The Hall–Kier alpha value is -3.38. The van der Waals surface area contributed by atoms with E-state index in [4.69, 9.17) is 5.73 Å². The minimum atomic E-state index is -0.172. The van der Waals surface area contributed by atoms with Crippen LogP contribution in [0.1, 0.15) is 36.5 Å². The third-order valence-electron chi connectivity index (χ3n) is 6.09. The van der Waals surface area contributed by atoms with Gasteiger partial charge in [0.1, 0.15) is 11.3 Å². The van der Waals surface area contributed by atoms with E-state index in [0.29, 0.717) is 17.9 Å². The van der Waals surface area contributed by atoms with Crippen LogP contribution in [0.15, 0.2) is 53.3 Å². The molecule has 5 rings (SSSR count). The molecule has 2 aromatic carbocycles. The zero-order chi connectivity index (χ0) is 21.4. The summed E-state index contributed by atoms with van der Waals surface area (Å²) in [6.45, 7) is 5.83. The summed E-state index contributed by atoms with van der Waals surface area (Å²) >= 11 is 0. The number of imidazole rings is 1. The van der Waals surface area contributed by atoms with Gasteiger partial charge in [0, 0.05) is 11.9 Å². The summed E-state index contributed by atoms with van der Waals surface area (Å²) in [5, 5.41) is 0.918. The predicted octanol–water partition coefficient (Wildman–Crippen LogP) is 4.14. The lowest BCUT2D eigenvalue weighted by Crippen LogP contribution is -2.19. The Morgan fingerprint density at radius 3 is 2.48 bits per heavy atom. The van der Waals surface area contributed by atoms with Crippen molar-refractivity contribution >= 4 is 33.8 Å². The Balaban J connectivity index is 1.52. The molecule has 158 valence electrons. The lowest BCUT2D eigenvalue weighted by atomic mass is 10.1. The number of fused-ring (bicyclic) bond motifs is 3. The van der Waals surface area contributed by atoms with Gasteiger partial charge in [-0.25, -0.2) is 9.78 Å². The van der Waals surface area contributed by atoms with E-state index in [2.05, 4.69) is 39.1 Å². The average Bonchev–Trinajstić information content (AvgIpc) is 3.38. The van der Waals surface area contributed by atoms with E-state index in [1.807, 2.05) is 37.3 Å². The summed E-state index contributed by atoms with van der Waals surface area (Å²) < 4.78 is 1.76. The second-order valence-corrected chi connectivity index (χ2v) is 8.31. The van der Waals surface area contributed by atoms with Crippen LogP contribution < -0.4 is 11.4 Å². The first-order valence-electron chi connectivity index (χ1n) is 10.9. The van der Waals surface area contributed by atoms with Crippen molar-refractivity contribution < 1.29 is 0 Å². The molecule has 0 bridgehead atoms. The number of hydrogen-bond donors (Lipinski definition) is 2. The molecule has 0 spiro atoms. The van der Waals surface area contributed by atoms with Gasteiger partial charge in [-0.1, -0.05) is 48.6 Å². The number of pyridine rings is 1. The van der Waals surface area contributed by atoms with Crippen LogP contribution in [0.4, 0.5) is 5.82 Å². The number of nitrogens with zero attached hydrogens (tertiary/aromatic N) is 3. The molecular formula is C25H27N5O. The summed E-state index contributed by atoms with van der Waals surface area (Å²) in [7, 11) is 0. The molecule has 4 aromatic rings. The van der Waals surface area contributed by atoms with Gasteiger partial charge in [-0.3, -0.25) is 9.47 Å². The monoisotopic (exact) mass is 413 g/mol. The first-order valence-corrected chi connectivity index (χ1v) is 10.9. The fourth-order valence-corrected chi connectivity index (χ4v) is 4.54. The van der Waals surface area contributed by atoms with Gasteiger partial charge >= 0.3 is 5.69 Å². The number of benzene rings is 2. The van der Waals surface area contributed by atoms with Gasteiger partial charge in [0.15, 0.2) is 0 Å². The van der Waals surface area contributed by atoms with E-state index in [-0.39, 0.29) is 5.69 Å². The van der Waals surface area contributed by atoms with E-state index in [9.17, 15) is 4.79 Å². The number of anilines is 1. The number of hydrogen-bond acceptors (Lipinski definition) is 4. The first-order chi connectivity index (χ1) is 15.1. The van der Waals surface area contributed by atoms with Crippen molar-refractivity contribution in [1.82, 2.24) is 19.4 Å². The quantitative estimate of drug-likeness (QED) is 0.515. The van der Waals surface area contributed by atoms with Crippen molar-refractivity contribution in [2.45, 2.75) is 32.9 Å². The number of nitrogens with one attached hydrogen (secondary N) is 1. The van der Waals surface area contributed by atoms with Gasteiger partial charge in [0.2, 0.25) is 0 Å². The number of nitrogen functional groups attached to an aromatic ring is 1. The van der Waals surface area contributed by atoms with Crippen LogP contribution in [0.3, 0.4) is 0 Å². The van der Waals surface area contributed by atoms with Crippen molar-refractivity contribution in [3.8, 4) is 0 Å². The molecule has 1 fully saturated rings. The summed E-state index contributed by atoms with van der Waals surface area (Å²) in [5.74, 6) is 0.344. The Morgan fingerprint density at radius 1 is 1.06 bits per heavy atom. The molecule has 31 heavy (non-hydrogen) atoms. The number of rotatable bonds is 5. The normalized spacial score (nSPS) is 15.0. The highest BCUT2D eigenvalue weighted by Gasteiger charge is 2.16. The fourth-order valence-electron chi connectivity index (χ4n) is 4.54. The molecule has 1 aliphatic heterocycles. The number of nitrogens with two attached hydrogens (primary N) is 1. The van der Waals surface area contributed by atoms with Gasteiger partial charge in [-0.05, 0) is 55.6 Å². The van der Waals surface area contributed by atoms with Crippen LogP contribution in [-0.4, -0.2) is 32.5 Å². The number of H-pyrrole nitrogens is 1. The molecule has 1 aliphatic rings. The molecule has 0 unspecified atom stereocenters. The highest BCUT2D eigenvalue weighted by atomic mass is 16.1. The Kier molecular flexibility index (Phi) is 5.08. The standard InChI is InChI=1S/C25H27N5O/c1-2-5-17-10-11-20-21(14-17)27-24(26)22-23(20)30(25(31)28-22)16-19-8-6-18(7-9-19)15-29-12-3-4-13-29/h2,5-11,14H,3-4,12-13,15-16H2,1H3,(H2,26,27)(H,28,31)/b5-2+. The zero-order valence-electron chi connectivity index (χ0n) is 17.8. The van der Waals surface area contributed by atoms with Gasteiger partial charge in [0.05, 0.1) is 17.6 Å². The van der Waals surface area contributed by atoms with Crippen LogP contribution in [0.5, 0.6) is 0 Å². The molecule has 0 saturated carbocycles. The molecule has 0 aliphatic carbocycles. The van der Waals surface area contributed by atoms with Crippen LogP contribution in [-0.2, 0) is 13.1 Å². The fraction of sp³-hybridized carbons (Fsp3) is 0.280. The van der Waals surface area contributed by atoms with Crippen LogP contribution in [0, 0.1) is 0 Å². The van der Waals surface area contributed by atoms with Crippen LogP contribution in [0.25, 0.3) is 28.0 Å². The lowest BCUT2D eigenvalue weighted by molar-refractivity contribution is 0.331. The SMILES string of the molecule is C/C=C/c1ccc2c(c1)nc(N)c1[nH]c(=O)n(Cc3ccc(CN4CCCC4)cc3)c12. The molecule has 0 radical (unpaired) electrons. The molecular weight excluding hydrogens is 386 g/mol. The summed E-state index contributed by atoms with van der Waals surface area (Å²) in [6, 6.07) is 14.6. The first kappa shape index (κ1) is 19.6. The minimum Gasteiger partial charge on any atom is -0.382 e. The van der Waals surface area contributed by atoms with E-state index in [1.54, 1.807) is 4.57 Å². The summed E-state index contributed by atoms with van der Waals surface area (Å²) in [4.78, 5) is 22.7. The van der Waals surface area contributed by atoms with Crippen molar-refractivity contribution in [1.29, 1.82) is 0 Å². The Morgan fingerprint density at radius 2 is 1.77 bits per heavy atom. The molecule has 1 saturated heterocycles. The average molecular weight is 414 g/mol. The van der Waals surface area contributed by atoms with Crippen molar-refractivity contribution in [2.24, 2.45) is 0 Å². The molecule has 0 atom stereocenters. The lowest BCUT2D eigenvalue weighted by Gasteiger charge is -2.14. The van der Waals surface area contributed by atoms with E-state index >= 15 is 0 Å². The number of aromatic nitrogens is 3. The van der Waals surface area contributed by atoms with E-state index in [1.165, 1.54) is 31.5 Å². The van der Waals surface area contributed by atoms with E-state index in [0.717, 1.165) is 34.1 Å². The maximum Gasteiger partial charge on any atom is 0.326 e. The molecule has 3 N–H and O–H groups in total. The Labute approximate surface area is 181 Å². The molecule has 3 heterocycles. The summed E-state index contributed by atoms with van der Waals surface area (Å²) in [5.41, 5.74) is 11.7. The maximum absolute atomic E-state index is 12.8. The smallest absolute Gasteiger partial charge is 0.326 e. The van der Waals surface area contributed by atoms with E-state index < -0.39 is 0 Å². The molecule has 6 nitrogen and oxygen atoms in total. The highest BCUT2D eigenvalue weighted by Crippen LogP contribution is 2.27. The number of likely N-dealkylation sites (tertiary alicyclic amines) is 1. The van der Waals surface area contributed by atoms with Crippen LogP contribution >= 0.6 is 0 Å². The third-order valence-corrected chi connectivity index (χ3v) is 6.09. The molecule has 2 aromatic heterocycles. The number of allylic oxidation sites excluding steroid dienone is 1. The van der Waals surface area contributed by atoms with Gasteiger partial charge in [0.25, 0.3) is 0 Å². The second kappa shape index (κ2) is 8.04. The zero-order valence-corrected chi connectivity index (χ0v) is 17.8. The number of aromatic amines is 1. The van der Waals surface area contributed by atoms with Crippen molar-refractivity contribution in [3.63, 3.8) is 0 Å². The summed E-state index contributed by atoms with van der Waals surface area (Å²) in [6.07, 6.45) is 6.60. The van der Waals surface area contributed by atoms with Gasteiger partial charge in [-0.15, -0.1) is 0 Å². The van der Waals surface area contributed by atoms with Gasteiger partial charge in [-0.2, -0.15) is 0 Å².